The normalized spacial score (nSPS) is 11.7. The average molecular weight is 348 g/mol. The Kier molecular flexibility index (Phi) is 5.00. The molecule has 23 heavy (non-hydrogen) atoms. The van der Waals surface area contributed by atoms with Crippen LogP contribution in [0.2, 0.25) is 0 Å². The summed E-state index contributed by atoms with van der Waals surface area (Å²) in [5.41, 5.74) is -2.30. The molecule has 0 radical (unpaired) electrons. The number of hydrogen-bond acceptors (Lipinski definition) is 3. The number of aromatic nitrogens is 2. The number of aromatic amines is 1. The van der Waals surface area contributed by atoms with Crippen molar-refractivity contribution in [3.05, 3.63) is 50.8 Å². The average Bonchev–Trinajstić information content (AvgIpc) is 2.44. The maximum Gasteiger partial charge on any atom is 0.417 e. The molecule has 0 saturated carbocycles. The van der Waals surface area contributed by atoms with Gasteiger partial charge in [0.05, 0.1) is 17.9 Å². The van der Waals surface area contributed by atoms with Crippen molar-refractivity contribution in [1.82, 2.24) is 9.55 Å². The van der Waals surface area contributed by atoms with Gasteiger partial charge in [-0.3, -0.25) is 9.78 Å². The topological polar surface area (TPSA) is 47.0 Å². The third-order valence-corrected chi connectivity index (χ3v) is 3.44. The van der Waals surface area contributed by atoms with E-state index in [1.807, 2.05) is 0 Å². The molecule has 124 valence electrons. The second kappa shape index (κ2) is 6.63. The van der Waals surface area contributed by atoms with Crippen LogP contribution in [-0.4, -0.2) is 23.3 Å². The Morgan fingerprint density at radius 2 is 2.00 bits per heavy atom. The lowest BCUT2D eigenvalue weighted by Gasteiger charge is -2.17. The summed E-state index contributed by atoms with van der Waals surface area (Å²) in [6.07, 6.45) is -4.70. The van der Waals surface area contributed by atoms with Gasteiger partial charge in [-0.1, -0.05) is 0 Å². The molecule has 4 nitrogen and oxygen atoms in total. The highest BCUT2D eigenvalue weighted by molar-refractivity contribution is 7.71. The van der Waals surface area contributed by atoms with Crippen molar-refractivity contribution in [1.29, 1.82) is 0 Å². The lowest BCUT2D eigenvalue weighted by atomic mass is 10.0. The second-order valence-electron chi connectivity index (χ2n) is 4.66. The fraction of sp³-hybridized carbons (Fsp3) is 0.286. The number of halogens is 4. The lowest BCUT2D eigenvalue weighted by Crippen LogP contribution is -2.18. The standard InChI is InChI=1S/C14H12F4N2O2S/c1-22-5-4-20-11(7-12(21)19-13(20)23)9-6-8(15)2-3-10(9)14(16,17)18/h2-3,6-7H,4-5H2,1H3,(H,19,21,23). The highest BCUT2D eigenvalue weighted by Gasteiger charge is 2.34. The molecule has 0 unspecified atom stereocenters. The molecule has 0 amide bonds. The SMILES string of the molecule is COCCn1c(-c2cc(F)ccc2C(F)(F)F)cc(=O)[nH]c1=S. The monoisotopic (exact) mass is 348 g/mol. The van der Waals surface area contributed by atoms with Crippen LogP contribution >= 0.6 is 12.2 Å². The predicted octanol–water partition coefficient (Wildman–Crippen LogP) is 3.38. The van der Waals surface area contributed by atoms with Gasteiger partial charge in [0.25, 0.3) is 5.56 Å². The smallest absolute Gasteiger partial charge is 0.383 e. The molecule has 1 N–H and O–H groups in total. The first-order valence-electron chi connectivity index (χ1n) is 6.44. The molecule has 0 spiro atoms. The number of benzene rings is 1. The molecule has 0 atom stereocenters. The highest BCUT2D eigenvalue weighted by atomic mass is 32.1. The minimum absolute atomic E-state index is 0.0677. The molecule has 1 aromatic carbocycles. The van der Waals surface area contributed by atoms with E-state index in [-0.39, 0.29) is 23.6 Å². The van der Waals surface area contributed by atoms with Gasteiger partial charge >= 0.3 is 6.18 Å². The second-order valence-corrected chi connectivity index (χ2v) is 5.04. The Morgan fingerprint density at radius 3 is 2.61 bits per heavy atom. The van der Waals surface area contributed by atoms with E-state index in [0.29, 0.717) is 12.1 Å². The van der Waals surface area contributed by atoms with E-state index in [1.54, 1.807) is 0 Å². The van der Waals surface area contributed by atoms with Gasteiger partial charge in [-0.05, 0) is 30.4 Å². The van der Waals surface area contributed by atoms with E-state index in [4.69, 9.17) is 17.0 Å². The van der Waals surface area contributed by atoms with E-state index in [2.05, 4.69) is 4.98 Å². The van der Waals surface area contributed by atoms with Crippen LogP contribution in [0.5, 0.6) is 0 Å². The molecular formula is C14H12F4N2O2S. The molecule has 2 rings (SSSR count). The van der Waals surface area contributed by atoms with Crippen molar-refractivity contribution in [2.45, 2.75) is 12.7 Å². The number of ether oxygens (including phenoxy) is 1. The minimum Gasteiger partial charge on any atom is -0.383 e. The van der Waals surface area contributed by atoms with E-state index >= 15 is 0 Å². The first kappa shape index (κ1) is 17.4. The fourth-order valence-corrected chi connectivity index (χ4v) is 2.41. The van der Waals surface area contributed by atoms with E-state index < -0.39 is 28.7 Å². The van der Waals surface area contributed by atoms with Crippen LogP contribution in [0.15, 0.2) is 29.1 Å². The zero-order valence-corrected chi connectivity index (χ0v) is 12.7. The third kappa shape index (κ3) is 3.85. The van der Waals surface area contributed by atoms with Crippen LogP contribution in [-0.2, 0) is 17.5 Å². The van der Waals surface area contributed by atoms with Crippen LogP contribution < -0.4 is 5.56 Å². The summed E-state index contributed by atoms with van der Waals surface area (Å²) in [5.74, 6) is -0.850. The Balaban J connectivity index is 2.78. The van der Waals surface area contributed by atoms with Crippen molar-refractivity contribution >= 4 is 12.2 Å². The first-order chi connectivity index (χ1) is 10.7. The van der Waals surface area contributed by atoms with Crippen LogP contribution in [0.1, 0.15) is 5.56 Å². The van der Waals surface area contributed by atoms with Crippen molar-refractivity contribution in [2.75, 3.05) is 13.7 Å². The molecule has 0 bridgehead atoms. The summed E-state index contributed by atoms with van der Waals surface area (Å²) in [4.78, 5) is 13.9. The van der Waals surface area contributed by atoms with Gasteiger partial charge in [-0.15, -0.1) is 0 Å². The summed E-state index contributed by atoms with van der Waals surface area (Å²) in [6, 6.07) is 3.04. The molecule has 1 heterocycles. The van der Waals surface area contributed by atoms with Crippen molar-refractivity contribution < 1.29 is 22.3 Å². The largest absolute Gasteiger partial charge is 0.417 e. The van der Waals surface area contributed by atoms with Gasteiger partial charge in [0, 0.05) is 25.3 Å². The number of nitrogens with one attached hydrogen (secondary N) is 1. The Labute approximate surface area is 133 Å². The molecule has 2 aromatic rings. The van der Waals surface area contributed by atoms with E-state index in [9.17, 15) is 22.4 Å². The van der Waals surface area contributed by atoms with E-state index in [1.165, 1.54) is 11.7 Å². The number of alkyl halides is 3. The van der Waals surface area contributed by atoms with Gasteiger partial charge in [-0.25, -0.2) is 4.39 Å². The van der Waals surface area contributed by atoms with Crippen molar-refractivity contribution in [3.63, 3.8) is 0 Å². The molecule has 9 heteroatoms. The molecule has 0 saturated heterocycles. The van der Waals surface area contributed by atoms with Crippen molar-refractivity contribution in [2.24, 2.45) is 0 Å². The molecular weight excluding hydrogens is 336 g/mol. The molecule has 0 aliphatic carbocycles. The lowest BCUT2D eigenvalue weighted by molar-refractivity contribution is -0.137. The zero-order valence-electron chi connectivity index (χ0n) is 11.9. The van der Waals surface area contributed by atoms with Gasteiger partial charge in [0.2, 0.25) is 0 Å². The van der Waals surface area contributed by atoms with Gasteiger partial charge < -0.3 is 9.30 Å². The summed E-state index contributed by atoms with van der Waals surface area (Å²) in [6.45, 7) is 0.263. The molecule has 0 aliphatic heterocycles. The first-order valence-corrected chi connectivity index (χ1v) is 6.85. The Hall–Kier alpha value is -2.00. The maximum atomic E-state index is 13.5. The number of H-pyrrole nitrogens is 1. The molecule has 1 aromatic heterocycles. The number of nitrogens with zero attached hydrogens (tertiary/aromatic N) is 1. The maximum absolute atomic E-state index is 13.5. The zero-order chi connectivity index (χ0) is 17.2. The minimum atomic E-state index is -4.70. The van der Waals surface area contributed by atoms with Crippen LogP contribution in [0.4, 0.5) is 17.6 Å². The summed E-state index contributed by atoms with van der Waals surface area (Å²) in [7, 11) is 1.41. The third-order valence-electron chi connectivity index (χ3n) is 3.12. The summed E-state index contributed by atoms with van der Waals surface area (Å²) in [5, 5.41) is 0. The quantitative estimate of drug-likeness (QED) is 0.681. The van der Waals surface area contributed by atoms with Crippen LogP contribution in [0.25, 0.3) is 11.3 Å². The number of rotatable bonds is 4. The van der Waals surface area contributed by atoms with Crippen LogP contribution in [0.3, 0.4) is 0 Å². The predicted molar refractivity (Wildman–Crippen MR) is 78.2 cm³/mol. The summed E-state index contributed by atoms with van der Waals surface area (Å²) >= 11 is 4.99. The Morgan fingerprint density at radius 1 is 1.30 bits per heavy atom. The summed E-state index contributed by atoms with van der Waals surface area (Å²) < 4.78 is 59.1. The van der Waals surface area contributed by atoms with Gasteiger partial charge in [-0.2, -0.15) is 13.2 Å². The van der Waals surface area contributed by atoms with Crippen molar-refractivity contribution in [3.8, 4) is 11.3 Å². The molecule has 0 aliphatic rings. The van der Waals surface area contributed by atoms with Crippen LogP contribution in [0, 0.1) is 10.6 Å². The van der Waals surface area contributed by atoms with Gasteiger partial charge in [0.1, 0.15) is 5.82 Å². The Bertz CT molecular complexity index is 827. The number of methoxy groups -OCH3 is 1. The number of hydrogen-bond donors (Lipinski definition) is 1. The fourth-order valence-electron chi connectivity index (χ4n) is 2.12. The van der Waals surface area contributed by atoms with E-state index in [0.717, 1.165) is 12.1 Å². The highest BCUT2D eigenvalue weighted by Crippen LogP contribution is 2.37. The molecule has 0 fully saturated rings. The van der Waals surface area contributed by atoms with Gasteiger partial charge in [0.15, 0.2) is 4.77 Å².